The van der Waals surface area contributed by atoms with Crippen molar-refractivity contribution in [1.29, 1.82) is 0 Å². The molecule has 0 saturated heterocycles. The van der Waals surface area contributed by atoms with Gasteiger partial charge < -0.3 is 9.84 Å². The molecular formula is C14H12Cl2O2. The van der Waals surface area contributed by atoms with Crippen molar-refractivity contribution in [2.75, 3.05) is 0 Å². The summed E-state index contributed by atoms with van der Waals surface area (Å²) in [7, 11) is 0. The maximum absolute atomic E-state index is 9.27. The van der Waals surface area contributed by atoms with E-state index in [2.05, 4.69) is 0 Å². The first kappa shape index (κ1) is 13.2. The molecule has 2 nitrogen and oxygen atoms in total. The monoisotopic (exact) mass is 282 g/mol. The quantitative estimate of drug-likeness (QED) is 0.893. The van der Waals surface area contributed by atoms with Gasteiger partial charge in [-0.1, -0.05) is 41.4 Å². The molecule has 0 aliphatic rings. The second-order valence-electron chi connectivity index (χ2n) is 3.92. The van der Waals surface area contributed by atoms with Gasteiger partial charge in [-0.2, -0.15) is 0 Å². The Morgan fingerprint density at radius 2 is 1.89 bits per heavy atom. The Kier molecular flexibility index (Phi) is 4.12. The molecule has 0 radical (unpaired) electrons. The maximum Gasteiger partial charge on any atom is 0.151 e. The second-order valence-corrected chi connectivity index (χ2v) is 4.74. The number of hydrogen-bond acceptors (Lipinski definition) is 2. The zero-order valence-electron chi connectivity index (χ0n) is 9.78. The van der Waals surface area contributed by atoms with Crippen LogP contribution in [-0.2, 0) is 6.61 Å². The molecule has 2 aromatic rings. The molecule has 0 aromatic heterocycles. The molecule has 0 fully saturated rings. The van der Waals surface area contributed by atoms with Gasteiger partial charge in [0.15, 0.2) is 5.75 Å². The lowest BCUT2D eigenvalue weighted by Crippen LogP contribution is -1.93. The minimum atomic E-state index is -0.140. The van der Waals surface area contributed by atoms with E-state index < -0.39 is 0 Å². The Balaban J connectivity index is 2.42. The van der Waals surface area contributed by atoms with E-state index in [1.807, 2.05) is 19.1 Å². The lowest BCUT2D eigenvalue weighted by Gasteiger charge is -2.13. The average Bonchev–Trinajstić information content (AvgIpc) is 2.36. The Bertz CT molecular complexity index is 568. The van der Waals surface area contributed by atoms with Crippen molar-refractivity contribution in [3.05, 3.63) is 57.6 Å². The summed E-state index contributed by atoms with van der Waals surface area (Å²) in [6.45, 7) is 1.81. The number of aliphatic hydroxyl groups excluding tert-OH is 1. The molecule has 2 aromatic carbocycles. The first-order valence-electron chi connectivity index (χ1n) is 5.44. The zero-order chi connectivity index (χ0) is 13.1. The summed E-state index contributed by atoms with van der Waals surface area (Å²) in [6.07, 6.45) is 0. The van der Waals surface area contributed by atoms with E-state index in [0.717, 1.165) is 5.56 Å². The number of benzene rings is 2. The lowest BCUT2D eigenvalue weighted by molar-refractivity contribution is 0.276. The van der Waals surface area contributed by atoms with Crippen LogP contribution >= 0.6 is 23.2 Å². The fraction of sp³-hybridized carbons (Fsp3) is 0.143. The van der Waals surface area contributed by atoms with Gasteiger partial charge in [-0.25, -0.2) is 0 Å². The second kappa shape index (κ2) is 5.61. The fourth-order valence-corrected chi connectivity index (χ4v) is 1.98. The zero-order valence-corrected chi connectivity index (χ0v) is 11.3. The fourth-order valence-electron chi connectivity index (χ4n) is 1.59. The van der Waals surface area contributed by atoms with Gasteiger partial charge in [-0.05, 0) is 30.7 Å². The van der Waals surface area contributed by atoms with E-state index in [1.54, 1.807) is 24.3 Å². The highest BCUT2D eigenvalue weighted by atomic mass is 35.5. The highest BCUT2D eigenvalue weighted by Crippen LogP contribution is 2.36. The smallest absolute Gasteiger partial charge is 0.151 e. The Hall–Kier alpha value is -1.22. The molecule has 2 rings (SSSR count). The average molecular weight is 283 g/mol. The van der Waals surface area contributed by atoms with Gasteiger partial charge in [0.05, 0.1) is 16.7 Å². The molecule has 1 N–H and O–H groups in total. The number of rotatable bonds is 3. The number of aliphatic hydroxyl groups is 1. The highest BCUT2D eigenvalue weighted by Gasteiger charge is 2.11. The van der Waals surface area contributed by atoms with Crippen molar-refractivity contribution >= 4 is 23.2 Å². The molecular weight excluding hydrogens is 271 g/mol. The van der Waals surface area contributed by atoms with Crippen molar-refractivity contribution in [3.8, 4) is 11.5 Å². The van der Waals surface area contributed by atoms with E-state index >= 15 is 0 Å². The standard InChI is InChI=1S/C14H12Cl2O2/c1-9-5-6-11(15)13(7-9)18-14-10(8-17)3-2-4-12(14)16/h2-7,17H,8H2,1H3. The summed E-state index contributed by atoms with van der Waals surface area (Å²) in [5.74, 6) is 0.966. The van der Waals surface area contributed by atoms with Crippen LogP contribution in [0.15, 0.2) is 36.4 Å². The minimum Gasteiger partial charge on any atom is -0.454 e. The summed E-state index contributed by atoms with van der Waals surface area (Å²) >= 11 is 12.1. The number of aryl methyl sites for hydroxylation is 1. The van der Waals surface area contributed by atoms with Gasteiger partial charge in [0.25, 0.3) is 0 Å². The van der Waals surface area contributed by atoms with Crippen LogP contribution in [0.2, 0.25) is 10.0 Å². The van der Waals surface area contributed by atoms with Crippen molar-refractivity contribution in [2.24, 2.45) is 0 Å². The van der Waals surface area contributed by atoms with Crippen LogP contribution in [0, 0.1) is 6.92 Å². The first-order valence-corrected chi connectivity index (χ1v) is 6.19. The van der Waals surface area contributed by atoms with E-state index in [9.17, 15) is 5.11 Å². The van der Waals surface area contributed by atoms with E-state index in [4.69, 9.17) is 27.9 Å². The van der Waals surface area contributed by atoms with Crippen LogP contribution < -0.4 is 4.74 Å². The van der Waals surface area contributed by atoms with Crippen LogP contribution in [0.5, 0.6) is 11.5 Å². The topological polar surface area (TPSA) is 29.5 Å². The number of halogens is 2. The minimum absolute atomic E-state index is 0.140. The molecule has 0 saturated carbocycles. The van der Waals surface area contributed by atoms with Gasteiger partial charge in [0, 0.05) is 5.56 Å². The predicted octanol–water partition coefficient (Wildman–Crippen LogP) is 4.59. The number of ether oxygens (including phenoxy) is 1. The molecule has 0 heterocycles. The maximum atomic E-state index is 9.27. The third-order valence-electron chi connectivity index (χ3n) is 2.52. The molecule has 4 heteroatoms. The molecule has 0 atom stereocenters. The molecule has 0 aliphatic heterocycles. The van der Waals surface area contributed by atoms with E-state index in [1.165, 1.54) is 0 Å². The van der Waals surface area contributed by atoms with Crippen molar-refractivity contribution in [1.82, 2.24) is 0 Å². The van der Waals surface area contributed by atoms with E-state index in [-0.39, 0.29) is 6.61 Å². The first-order chi connectivity index (χ1) is 8.61. The normalized spacial score (nSPS) is 10.4. The Morgan fingerprint density at radius 3 is 2.61 bits per heavy atom. The van der Waals surface area contributed by atoms with Gasteiger partial charge in [-0.3, -0.25) is 0 Å². The molecule has 94 valence electrons. The van der Waals surface area contributed by atoms with Crippen molar-refractivity contribution < 1.29 is 9.84 Å². The van der Waals surface area contributed by atoms with Gasteiger partial charge in [0.1, 0.15) is 5.75 Å². The molecule has 0 bridgehead atoms. The molecule has 0 spiro atoms. The van der Waals surface area contributed by atoms with Crippen molar-refractivity contribution in [3.63, 3.8) is 0 Å². The van der Waals surface area contributed by atoms with Crippen molar-refractivity contribution in [2.45, 2.75) is 13.5 Å². The van der Waals surface area contributed by atoms with Crippen LogP contribution in [0.25, 0.3) is 0 Å². The molecule has 0 unspecified atom stereocenters. The van der Waals surface area contributed by atoms with E-state index in [0.29, 0.717) is 27.1 Å². The largest absolute Gasteiger partial charge is 0.454 e. The van der Waals surface area contributed by atoms with Gasteiger partial charge in [0.2, 0.25) is 0 Å². The summed E-state index contributed by atoms with van der Waals surface area (Å²) in [6, 6.07) is 10.7. The summed E-state index contributed by atoms with van der Waals surface area (Å²) in [5.41, 5.74) is 1.66. The highest BCUT2D eigenvalue weighted by molar-refractivity contribution is 6.33. The summed E-state index contributed by atoms with van der Waals surface area (Å²) < 4.78 is 5.72. The number of hydrogen-bond donors (Lipinski definition) is 1. The summed E-state index contributed by atoms with van der Waals surface area (Å²) in [4.78, 5) is 0. The number of para-hydroxylation sites is 1. The summed E-state index contributed by atoms with van der Waals surface area (Å²) in [5, 5.41) is 10.2. The Morgan fingerprint density at radius 1 is 1.11 bits per heavy atom. The van der Waals surface area contributed by atoms with Crippen LogP contribution in [0.4, 0.5) is 0 Å². The third-order valence-corrected chi connectivity index (χ3v) is 3.13. The SMILES string of the molecule is Cc1ccc(Cl)c(Oc2c(Cl)cccc2CO)c1. The molecule has 0 aliphatic carbocycles. The molecule has 18 heavy (non-hydrogen) atoms. The Labute approximate surface area is 116 Å². The van der Waals surface area contributed by atoms with Crippen LogP contribution in [0.1, 0.15) is 11.1 Å². The predicted molar refractivity (Wildman–Crippen MR) is 73.6 cm³/mol. The molecule has 0 amide bonds. The van der Waals surface area contributed by atoms with Gasteiger partial charge >= 0.3 is 0 Å². The van der Waals surface area contributed by atoms with Crippen LogP contribution in [0.3, 0.4) is 0 Å². The lowest BCUT2D eigenvalue weighted by atomic mass is 10.2. The van der Waals surface area contributed by atoms with Crippen LogP contribution in [-0.4, -0.2) is 5.11 Å². The third kappa shape index (κ3) is 2.78. The van der Waals surface area contributed by atoms with Gasteiger partial charge in [-0.15, -0.1) is 0 Å².